The molecule has 0 aromatic carbocycles. The molecular weight excluding hydrogens is 254 g/mol. The van der Waals surface area contributed by atoms with Crippen molar-refractivity contribution in [3.63, 3.8) is 0 Å². The second-order valence-electron chi connectivity index (χ2n) is 5.22. The van der Waals surface area contributed by atoms with Crippen LogP contribution in [0.3, 0.4) is 0 Å². The number of rotatable bonds is 8. The normalized spacial score (nSPS) is 12.1. The highest BCUT2D eigenvalue weighted by atomic mass is 16.2. The van der Waals surface area contributed by atoms with Crippen LogP contribution in [0.4, 0.5) is 11.6 Å². The number of nitrogens with zero attached hydrogens (tertiary/aromatic N) is 2. The Labute approximate surface area is 120 Å². The molecule has 0 saturated heterocycles. The van der Waals surface area contributed by atoms with Gasteiger partial charge in [0.2, 0.25) is 5.91 Å². The van der Waals surface area contributed by atoms with Crippen LogP contribution in [0.1, 0.15) is 34.1 Å². The van der Waals surface area contributed by atoms with Gasteiger partial charge in [-0.25, -0.2) is 4.98 Å². The maximum Gasteiger partial charge on any atom is 0.242 e. The second-order valence-corrected chi connectivity index (χ2v) is 5.22. The largest absolute Gasteiger partial charge is 0.369 e. The lowest BCUT2D eigenvalue weighted by molar-refractivity contribution is -0.121. The van der Waals surface area contributed by atoms with Gasteiger partial charge in [0.1, 0.15) is 17.7 Å². The van der Waals surface area contributed by atoms with E-state index in [4.69, 9.17) is 0 Å². The fraction of sp³-hybridized carbons (Fsp3) is 0.643. The minimum Gasteiger partial charge on any atom is -0.369 e. The lowest BCUT2D eigenvalue weighted by Gasteiger charge is -2.16. The molecule has 1 aromatic heterocycles. The first-order valence-corrected chi connectivity index (χ1v) is 7.13. The van der Waals surface area contributed by atoms with Crippen LogP contribution in [0.25, 0.3) is 0 Å². The molecule has 6 nitrogen and oxygen atoms in total. The van der Waals surface area contributed by atoms with E-state index in [0.717, 1.165) is 13.0 Å². The Morgan fingerprint density at radius 1 is 1.25 bits per heavy atom. The van der Waals surface area contributed by atoms with Gasteiger partial charge in [0.25, 0.3) is 0 Å². The van der Waals surface area contributed by atoms with Crippen molar-refractivity contribution in [3.8, 4) is 0 Å². The number of anilines is 2. The van der Waals surface area contributed by atoms with E-state index in [1.165, 1.54) is 0 Å². The maximum absolute atomic E-state index is 11.9. The highest BCUT2D eigenvalue weighted by molar-refractivity contribution is 5.83. The van der Waals surface area contributed by atoms with Crippen LogP contribution in [-0.4, -0.2) is 35.0 Å². The molecule has 0 spiro atoms. The number of amides is 1. The molecule has 1 heterocycles. The van der Waals surface area contributed by atoms with Gasteiger partial charge in [0.15, 0.2) is 0 Å². The van der Waals surface area contributed by atoms with Gasteiger partial charge in [-0.1, -0.05) is 20.8 Å². The zero-order valence-corrected chi connectivity index (χ0v) is 12.7. The molecule has 6 heteroatoms. The maximum atomic E-state index is 11.9. The Morgan fingerprint density at radius 2 is 1.95 bits per heavy atom. The molecule has 3 N–H and O–H groups in total. The monoisotopic (exact) mass is 279 g/mol. The first kappa shape index (κ1) is 16.2. The van der Waals surface area contributed by atoms with E-state index < -0.39 is 0 Å². The van der Waals surface area contributed by atoms with Crippen molar-refractivity contribution in [2.24, 2.45) is 5.92 Å². The van der Waals surface area contributed by atoms with Gasteiger partial charge in [-0.15, -0.1) is 0 Å². The first-order chi connectivity index (χ1) is 9.52. The highest BCUT2D eigenvalue weighted by Gasteiger charge is 2.13. The minimum atomic E-state index is -0.343. The fourth-order valence-electron chi connectivity index (χ4n) is 1.52. The average Bonchev–Trinajstić information content (AvgIpc) is 2.42. The van der Waals surface area contributed by atoms with E-state index in [9.17, 15) is 4.79 Å². The van der Waals surface area contributed by atoms with Crippen LogP contribution in [-0.2, 0) is 4.79 Å². The molecule has 0 bridgehead atoms. The van der Waals surface area contributed by atoms with E-state index in [0.29, 0.717) is 24.1 Å². The van der Waals surface area contributed by atoms with Crippen molar-refractivity contribution >= 4 is 17.5 Å². The van der Waals surface area contributed by atoms with Crippen molar-refractivity contribution in [2.75, 3.05) is 23.7 Å². The predicted octanol–water partition coefficient (Wildman–Crippen LogP) is 1.87. The summed E-state index contributed by atoms with van der Waals surface area (Å²) in [7, 11) is 0. The minimum absolute atomic E-state index is 0.0348. The van der Waals surface area contributed by atoms with Gasteiger partial charge in [-0.05, 0) is 19.3 Å². The molecule has 0 aliphatic rings. The molecule has 1 rings (SSSR count). The van der Waals surface area contributed by atoms with Crippen LogP contribution in [0.5, 0.6) is 0 Å². The van der Waals surface area contributed by atoms with Gasteiger partial charge in [-0.3, -0.25) is 9.78 Å². The summed E-state index contributed by atoms with van der Waals surface area (Å²) in [6.07, 6.45) is 4.31. The number of aromatic nitrogens is 2. The summed E-state index contributed by atoms with van der Waals surface area (Å²) in [5.74, 6) is 1.71. The van der Waals surface area contributed by atoms with E-state index in [-0.39, 0.29) is 11.9 Å². The number of hydrogen-bond donors (Lipinski definition) is 3. The number of hydrogen-bond acceptors (Lipinski definition) is 5. The smallest absolute Gasteiger partial charge is 0.242 e. The predicted molar refractivity (Wildman–Crippen MR) is 81.7 cm³/mol. The van der Waals surface area contributed by atoms with E-state index in [1.54, 1.807) is 12.4 Å². The Kier molecular flexibility index (Phi) is 6.76. The number of carbonyl (C=O) groups is 1. The third-order valence-electron chi connectivity index (χ3n) is 2.63. The summed E-state index contributed by atoms with van der Waals surface area (Å²) < 4.78 is 0. The fourth-order valence-corrected chi connectivity index (χ4v) is 1.52. The molecule has 20 heavy (non-hydrogen) atoms. The summed E-state index contributed by atoms with van der Waals surface area (Å²) in [6, 6.07) is -0.343. The molecule has 0 aliphatic heterocycles. The van der Waals surface area contributed by atoms with E-state index in [2.05, 4.69) is 46.7 Å². The van der Waals surface area contributed by atoms with Gasteiger partial charge >= 0.3 is 0 Å². The molecular formula is C14H25N5O. The zero-order valence-electron chi connectivity index (χ0n) is 12.7. The summed E-state index contributed by atoms with van der Waals surface area (Å²) in [5, 5.41) is 9.11. The molecule has 112 valence electrons. The molecule has 1 amide bonds. The molecule has 1 aromatic rings. The lowest BCUT2D eigenvalue weighted by atomic mass is 10.2. The summed E-state index contributed by atoms with van der Waals surface area (Å²) in [6.45, 7) is 9.55. The quantitative estimate of drug-likeness (QED) is 0.677. The number of carbonyl (C=O) groups excluding carboxylic acids is 1. The van der Waals surface area contributed by atoms with Gasteiger partial charge in [0, 0.05) is 13.1 Å². The molecule has 0 fully saturated rings. The van der Waals surface area contributed by atoms with Crippen molar-refractivity contribution in [1.82, 2.24) is 15.3 Å². The molecule has 0 aliphatic carbocycles. The van der Waals surface area contributed by atoms with Crippen LogP contribution in [0.15, 0.2) is 12.4 Å². The Morgan fingerprint density at radius 3 is 2.60 bits per heavy atom. The highest BCUT2D eigenvalue weighted by Crippen LogP contribution is 2.08. The van der Waals surface area contributed by atoms with Crippen molar-refractivity contribution in [1.29, 1.82) is 0 Å². The van der Waals surface area contributed by atoms with E-state index >= 15 is 0 Å². The average molecular weight is 279 g/mol. The summed E-state index contributed by atoms with van der Waals surface area (Å²) >= 11 is 0. The second kappa shape index (κ2) is 8.35. The van der Waals surface area contributed by atoms with Crippen molar-refractivity contribution in [3.05, 3.63) is 12.4 Å². The third-order valence-corrected chi connectivity index (χ3v) is 2.63. The van der Waals surface area contributed by atoms with Crippen LogP contribution >= 0.6 is 0 Å². The Bertz CT molecular complexity index is 422. The Hall–Kier alpha value is -1.85. The summed E-state index contributed by atoms with van der Waals surface area (Å²) in [4.78, 5) is 20.3. The molecule has 0 radical (unpaired) electrons. The summed E-state index contributed by atoms with van der Waals surface area (Å²) in [5.41, 5.74) is 0. The molecule has 1 unspecified atom stereocenters. The van der Waals surface area contributed by atoms with Crippen LogP contribution < -0.4 is 16.0 Å². The van der Waals surface area contributed by atoms with Crippen molar-refractivity contribution in [2.45, 2.75) is 40.2 Å². The van der Waals surface area contributed by atoms with Crippen molar-refractivity contribution < 1.29 is 4.79 Å². The van der Waals surface area contributed by atoms with E-state index in [1.807, 2.05) is 6.92 Å². The lowest BCUT2D eigenvalue weighted by Crippen LogP contribution is -2.39. The Balaban J connectivity index is 2.52. The van der Waals surface area contributed by atoms with Crippen LogP contribution in [0.2, 0.25) is 0 Å². The van der Waals surface area contributed by atoms with Gasteiger partial charge < -0.3 is 16.0 Å². The third kappa shape index (κ3) is 5.86. The zero-order chi connectivity index (χ0) is 15.0. The first-order valence-electron chi connectivity index (χ1n) is 7.13. The van der Waals surface area contributed by atoms with Gasteiger partial charge in [0.05, 0.1) is 12.4 Å². The van der Waals surface area contributed by atoms with Crippen LogP contribution in [0, 0.1) is 5.92 Å². The topological polar surface area (TPSA) is 78.9 Å². The number of nitrogens with one attached hydrogen (secondary N) is 3. The van der Waals surface area contributed by atoms with Gasteiger partial charge in [-0.2, -0.15) is 0 Å². The SMILES string of the molecule is CCCNc1cncc(NC(C)C(=O)NCC(C)C)n1. The standard InChI is InChI=1S/C14H25N5O/c1-5-6-16-12-8-15-9-13(19-12)18-11(4)14(20)17-7-10(2)3/h8-11H,5-7H2,1-4H3,(H,17,20)(H2,16,18,19). The molecule has 0 saturated carbocycles. The molecule has 1 atom stereocenters.